The molecule has 0 radical (unpaired) electrons. The van der Waals surface area contributed by atoms with Gasteiger partial charge in [-0.3, -0.25) is 0 Å². The molecule has 0 N–H and O–H groups in total. The molecule has 0 aliphatic rings. The fraction of sp³-hybridized carbons (Fsp3) is 0.0909. The molecule has 8 rings (SSSR count). The Morgan fingerprint density at radius 1 is 0.400 bits per heavy atom. The number of para-hydroxylation sites is 2. The van der Waals surface area contributed by atoms with Gasteiger partial charge >= 0.3 is 0 Å². The summed E-state index contributed by atoms with van der Waals surface area (Å²) in [7, 11) is 0. The van der Waals surface area contributed by atoms with E-state index in [9.17, 15) is 8.78 Å². The van der Waals surface area contributed by atoms with Gasteiger partial charge in [-0.05, 0) is 106 Å². The van der Waals surface area contributed by atoms with Gasteiger partial charge in [0.1, 0.15) is 23.3 Å². The highest BCUT2D eigenvalue weighted by molar-refractivity contribution is 6.29. The number of nitrogens with zero attached hydrogens (tertiary/aromatic N) is 2. The summed E-state index contributed by atoms with van der Waals surface area (Å²) in [5, 5.41) is 5.91. The van der Waals surface area contributed by atoms with Crippen LogP contribution in [0.15, 0.2) is 133 Å². The molecule has 0 amide bonds. The summed E-state index contributed by atoms with van der Waals surface area (Å²) in [6.45, 7) is 4.19. The van der Waals surface area contributed by atoms with Crippen molar-refractivity contribution in [2.45, 2.75) is 26.7 Å². The number of anilines is 6. The van der Waals surface area contributed by atoms with Gasteiger partial charge in [0.05, 0.1) is 22.7 Å². The Morgan fingerprint density at radius 3 is 1.14 bits per heavy atom. The van der Waals surface area contributed by atoms with Crippen molar-refractivity contribution in [1.29, 1.82) is 0 Å². The summed E-state index contributed by atoms with van der Waals surface area (Å²) in [5.41, 5.74) is 5.57. The third-order valence-electron chi connectivity index (χ3n) is 9.60. The van der Waals surface area contributed by atoms with Crippen molar-refractivity contribution >= 4 is 66.4 Å². The van der Waals surface area contributed by atoms with Gasteiger partial charge in [-0.15, -0.1) is 0 Å². The molecule has 0 saturated carbocycles. The van der Waals surface area contributed by atoms with E-state index < -0.39 is 23.3 Å². The quantitative estimate of drug-likeness (QED) is 0.118. The van der Waals surface area contributed by atoms with E-state index in [2.05, 4.69) is 50.2 Å². The number of hydrogen-bond donors (Lipinski definition) is 0. The molecule has 0 saturated heterocycles. The first kappa shape index (κ1) is 31.4. The SMILES string of the molecule is CCc1cc(N(c2ccccc2)c2ccc(F)cc2F)c2ccc3c(CC)cc(N(c4ccccc4)c4ccc(F)cc4F)c4ccc1c2c34. The summed E-state index contributed by atoms with van der Waals surface area (Å²) >= 11 is 0. The molecular weight excluding hydrogens is 632 g/mol. The predicted octanol–water partition coefficient (Wildman–Crippen LogP) is 13.2. The molecular formula is C44H32F4N2. The zero-order chi connectivity index (χ0) is 34.5. The van der Waals surface area contributed by atoms with E-state index in [-0.39, 0.29) is 11.4 Å². The van der Waals surface area contributed by atoms with Crippen LogP contribution in [0.3, 0.4) is 0 Å². The van der Waals surface area contributed by atoms with Crippen LogP contribution >= 0.6 is 0 Å². The lowest BCUT2D eigenvalue weighted by Gasteiger charge is -2.31. The van der Waals surface area contributed by atoms with Crippen LogP contribution in [-0.4, -0.2) is 0 Å². The first-order chi connectivity index (χ1) is 24.4. The largest absolute Gasteiger partial charge is 0.307 e. The van der Waals surface area contributed by atoms with Gasteiger partial charge in [0.2, 0.25) is 0 Å². The van der Waals surface area contributed by atoms with Gasteiger partial charge in [-0.2, -0.15) is 0 Å². The van der Waals surface area contributed by atoms with Crippen molar-refractivity contribution in [3.8, 4) is 0 Å². The average Bonchev–Trinajstić information content (AvgIpc) is 3.14. The molecule has 0 fully saturated rings. The smallest absolute Gasteiger partial charge is 0.150 e. The molecule has 50 heavy (non-hydrogen) atoms. The molecule has 6 heteroatoms. The molecule has 0 atom stereocenters. The van der Waals surface area contributed by atoms with Crippen LogP contribution in [-0.2, 0) is 12.8 Å². The van der Waals surface area contributed by atoms with Gasteiger partial charge < -0.3 is 9.80 Å². The van der Waals surface area contributed by atoms with E-state index in [1.54, 1.807) is 0 Å². The summed E-state index contributed by atoms with van der Waals surface area (Å²) in [6.07, 6.45) is 1.42. The fourth-order valence-electron chi connectivity index (χ4n) is 7.35. The molecule has 2 nitrogen and oxygen atoms in total. The monoisotopic (exact) mass is 664 g/mol. The van der Waals surface area contributed by atoms with Crippen LogP contribution in [0.1, 0.15) is 25.0 Å². The molecule has 0 heterocycles. The Hall–Kier alpha value is -5.88. The molecule has 0 aromatic heterocycles. The average molecular weight is 665 g/mol. The van der Waals surface area contributed by atoms with Gasteiger partial charge in [0, 0.05) is 34.3 Å². The second-order valence-corrected chi connectivity index (χ2v) is 12.4. The minimum absolute atomic E-state index is 0.228. The first-order valence-corrected chi connectivity index (χ1v) is 16.7. The summed E-state index contributed by atoms with van der Waals surface area (Å²) < 4.78 is 59.9. The van der Waals surface area contributed by atoms with E-state index in [1.807, 2.05) is 70.5 Å². The number of rotatable bonds is 8. The van der Waals surface area contributed by atoms with Crippen molar-refractivity contribution in [2.24, 2.45) is 0 Å². The molecule has 8 aromatic carbocycles. The zero-order valence-electron chi connectivity index (χ0n) is 27.5. The maximum absolute atomic E-state index is 15.7. The van der Waals surface area contributed by atoms with Crippen LogP contribution in [0.4, 0.5) is 51.7 Å². The second kappa shape index (κ2) is 12.5. The topological polar surface area (TPSA) is 6.48 Å². The van der Waals surface area contributed by atoms with Crippen molar-refractivity contribution < 1.29 is 17.6 Å². The molecule has 0 unspecified atom stereocenters. The fourth-order valence-corrected chi connectivity index (χ4v) is 7.35. The molecule has 0 bridgehead atoms. The zero-order valence-corrected chi connectivity index (χ0v) is 27.5. The molecule has 0 aliphatic heterocycles. The lowest BCUT2D eigenvalue weighted by Crippen LogP contribution is -2.14. The van der Waals surface area contributed by atoms with Crippen molar-refractivity contribution in [3.05, 3.63) is 168 Å². The normalized spacial score (nSPS) is 11.6. The van der Waals surface area contributed by atoms with Gasteiger partial charge in [-0.1, -0.05) is 74.5 Å². The maximum atomic E-state index is 15.7. The number of hydrogen-bond acceptors (Lipinski definition) is 2. The van der Waals surface area contributed by atoms with E-state index >= 15 is 8.78 Å². The highest BCUT2D eigenvalue weighted by Crippen LogP contribution is 2.50. The standard InChI is InChI=1S/C44H32F4N2/c1-3-27-23-41(49(31-11-7-5-8-12-31)39-21-15-29(45)25-37(39)47)35-20-18-34-28(4-2)24-42(36-19-17-33(27)43(35)44(34)36)50(32-13-9-6-10-14-32)40-22-16-30(46)26-38(40)48/h5-26H,3-4H2,1-2H3. The van der Waals surface area contributed by atoms with Gasteiger partial charge in [-0.25, -0.2) is 17.6 Å². The second-order valence-electron chi connectivity index (χ2n) is 12.4. The number of aryl methyl sites for hydroxylation is 2. The Morgan fingerprint density at radius 2 is 0.780 bits per heavy atom. The highest BCUT2D eigenvalue weighted by Gasteiger charge is 2.26. The summed E-state index contributed by atoms with van der Waals surface area (Å²) in [4.78, 5) is 3.71. The molecule has 8 aromatic rings. The van der Waals surface area contributed by atoms with Gasteiger partial charge in [0.15, 0.2) is 0 Å². The van der Waals surface area contributed by atoms with Crippen LogP contribution in [0.5, 0.6) is 0 Å². The third-order valence-corrected chi connectivity index (χ3v) is 9.60. The maximum Gasteiger partial charge on any atom is 0.150 e. The molecule has 0 aliphatic carbocycles. The number of halogens is 4. The van der Waals surface area contributed by atoms with Crippen molar-refractivity contribution in [2.75, 3.05) is 9.80 Å². The third kappa shape index (κ3) is 5.10. The van der Waals surface area contributed by atoms with Crippen LogP contribution in [0.25, 0.3) is 32.3 Å². The highest BCUT2D eigenvalue weighted by atomic mass is 19.1. The minimum atomic E-state index is -0.673. The van der Waals surface area contributed by atoms with Crippen molar-refractivity contribution in [3.63, 3.8) is 0 Å². The van der Waals surface area contributed by atoms with E-state index in [0.717, 1.165) is 78.3 Å². The Bertz CT molecular complexity index is 2340. The van der Waals surface area contributed by atoms with Crippen LogP contribution in [0, 0.1) is 23.3 Å². The summed E-state index contributed by atoms with van der Waals surface area (Å²) in [6, 6.07) is 39.0. The lowest BCUT2D eigenvalue weighted by molar-refractivity contribution is 0.583. The Kier molecular flexibility index (Phi) is 7.87. The first-order valence-electron chi connectivity index (χ1n) is 16.7. The Labute approximate surface area is 287 Å². The van der Waals surface area contributed by atoms with Crippen LogP contribution < -0.4 is 9.80 Å². The molecule has 246 valence electrons. The van der Waals surface area contributed by atoms with E-state index in [1.165, 1.54) is 24.3 Å². The number of benzene rings is 8. The van der Waals surface area contributed by atoms with Crippen LogP contribution in [0.2, 0.25) is 0 Å². The van der Waals surface area contributed by atoms with Crippen molar-refractivity contribution in [1.82, 2.24) is 0 Å². The predicted molar refractivity (Wildman–Crippen MR) is 198 cm³/mol. The van der Waals surface area contributed by atoms with Gasteiger partial charge in [0.25, 0.3) is 0 Å². The Balaban J connectivity index is 1.50. The lowest BCUT2D eigenvalue weighted by atomic mass is 9.86. The summed E-state index contributed by atoms with van der Waals surface area (Å²) in [5.74, 6) is -2.64. The van der Waals surface area contributed by atoms with E-state index in [0.29, 0.717) is 12.8 Å². The molecule has 0 spiro atoms. The van der Waals surface area contributed by atoms with E-state index in [4.69, 9.17) is 0 Å². The minimum Gasteiger partial charge on any atom is -0.307 e.